The fourth-order valence-corrected chi connectivity index (χ4v) is 2.85. The normalized spacial score (nSPS) is 18.2. The van der Waals surface area contributed by atoms with E-state index in [-0.39, 0.29) is 18.1 Å². The first-order chi connectivity index (χ1) is 12.0. The van der Waals surface area contributed by atoms with Gasteiger partial charge in [0.2, 0.25) is 0 Å². The number of carbonyl (C=O) groups is 1. The van der Waals surface area contributed by atoms with Crippen LogP contribution in [0, 0.1) is 0 Å². The fraction of sp³-hybridized carbons (Fsp3) is 0.211. The van der Waals surface area contributed by atoms with Gasteiger partial charge in [-0.2, -0.15) is 0 Å². The largest absolute Gasteiger partial charge is 0.504 e. The predicted molar refractivity (Wildman–Crippen MR) is 91.0 cm³/mol. The zero-order chi connectivity index (χ0) is 18.0. The zero-order valence-corrected chi connectivity index (χ0v) is 13.9. The lowest BCUT2D eigenvalue weighted by Crippen LogP contribution is -2.03. The number of cyclic esters (lactones) is 1. The third-order valence-corrected chi connectivity index (χ3v) is 4.14. The van der Waals surface area contributed by atoms with Crippen molar-refractivity contribution in [2.24, 2.45) is 0 Å². The topological polar surface area (TPSA) is 85.2 Å². The maximum atomic E-state index is 12.1. The summed E-state index contributed by atoms with van der Waals surface area (Å²) in [7, 11) is 2.93. The number of ether oxygens (including phenoxy) is 3. The van der Waals surface area contributed by atoms with Crippen molar-refractivity contribution in [3.05, 3.63) is 53.1 Å². The van der Waals surface area contributed by atoms with Crippen LogP contribution in [0.25, 0.3) is 6.08 Å². The van der Waals surface area contributed by atoms with Gasteiger partial charge in [0, 0.05) is 11.1 Å². The molecular formula is C19H18O6. The summed E-state index contributed by atoms with van der Waals surface area (Å²) in [5.41, 5.74) is 1.57. The second-order valence-corrected chi connectivity index (χ2v) is 5.58. The van der Waals surface area contributed by atoms with Crippen LogP contribution in [0.2, 0.25) is 0 Å². The van der Waals surface area contributed by atoms with Crippen molar-refractivity contribution < 1.29 is 29.2 Å². The smallest absolute Gasteiger partial charge is 0.334 e. The molecule has 1 aliphatic rings. The number of benzene rings is 2. The molecular weight excluding hydrogens is 324 g/mol. The number of rotatable bonds is 4. The van der Waals surface area contributed by atoms with E-state index in [4.69, 9.17) is 14.2 Å². The Morgan fingerprint density at radius 3 is 2.56 bits per heavy atom. The minimum Gasteiger partial charge on any atom is -0.504 e. The Morgan fingerprint density at radius 1 is 1.12 bits per heavy atom. The molecule has 1 fully saturated rings. The fourth-order valence-electron chi connectivity index (χ4n) is 2.85. The minimum atomic E-state index is -0.456. The van der Waals surface area contributed by atoms with E-state index in [1.807, 2.05) is 0 Å². The van der Waals surface area contributed by atoms with Crippen molar-refractivity contribution in [3.63, 3.8) is 0 Å². The second kappa shape index (κ2) is 6.76. The highest BCUT2D eigenvalue weighted by atomic mass is 16.5. The molecule has 0 radical (unpaired) electrons. The number of phenols is 2. The van der Waals surface area contributed by atoms with E-state index in [9.17, 15) is 15.0 Å². The number of hydrogen-bond acceptors (Lipinski definition) is 6. The summed E-state index contributed by atoms with van der Waals surface area (Å²) in [5, 5.41) is 20.3. The van der Waals surface area contributed by atoms with Crippen molar-refractivity contribution in [2.75, 3.05) is 20.8 Å². The van der Waals surface area contributed by atoms with Crippen molar-refractivity contribution in [1.82, 2.24) is 0 Å². The maximum Gasteiger partial charge on any atom is 0.334 e. The summed E-state index contributed by atoms with van der Waals surface area (Å²) in [6.45, 7) is 0.132. The number of hydrogen-bond donors (Lipinski definition) is 2. The second-order valence-electron chi connectivity index (χ2n) is 5.58. The van der Waals surface area contributed by atoms with E-state index in [0.29, 0.717) is 28.2 Å². The highest BCUT2D eigenvalue weighted by molar-refractivity contribution is 5.97. The molecule has 2 N–H and O–H groups in total. The molecule has 6 nitrogen and oxygen atoms in total. The molecule has 0 amide bonds. The Kier molecular flexibility index (Phi) is 4.52. The van der Waals surface area contributed by atoms with E-state index in [1.165, 1.54) is 20.3 Å². The summed E-state index contributed by atoms with van der Waals surface area (Å²) in [4.78, 5) is 12.1. The molecule has 2 aromatic carbocycles. The van der Waals surface area contributed by atoms with Crippen LogP contribution in [0.3, 0.4) is 0 Å². The van der Waals surface area contributed by atoms with E-state index in [2.05, 4.69) is 0 Å². The van der Waals surface area contributed by atoms with E-state index >= 15 is 0 Å². The molecule has 0 bridgehead atoms. The number of para-hydroxylation sites is 1. The van der Waals surface area contributed by atoms with Crippen LogP contribution in [0.4, 0.5) is 0 Å². The average Bonchev–Trinajstić information content (AvgIpc) is 2.96. The van der Waals surface area contributed by atoms with Gasteiger partial charge in [0.05, 0.1) is 20.1 Å². The Hall–Kier alpha value is -3.15. The van der Waals surface area contributed by atoms with Crippen LogP contribution in [-0.4, -0.2) is 37.0 Å². The Bertz CT molecular complexity index is 840. The molecule has 1 heterocycles. The molecule has 0 aliphatic carbocycles. The SMILES string of the molecule is COc1ccc(/C=C2\C(=O)OCC2c2cccc(OC)c2O)cc1O. The van der Waals surface area contributed by atoms with Gasteiger partial charge in [-0.3, -0.25) is 0 Å². The number of methoxy groups -OCH3 is 2. The van der Waals surface area contributed by atoms with Gasteiger partial charge in [-0.05, 0) is 29.8 Å². The average molecular weight is 342 g/mol. The van der Waals surface area contributed by atoms with Gasteiger partial charge in [0.25, 0.3) is 0 Å². The van der Waals surface area contributed by atoms with Crippen molar-refractivity contribution >= 4 is 12.0 Å². The highest BCUT2D eigenvalue weighted by Gasteiger charge is 2.34. The third kappa shape index (κ3) is 3.10. The molecule has 1 unspecified atom stereocenters. The molecule has 1 aliphatic heterocycles. The Labute approximate surface area is 144 Å². The summed E-state index contributed by atoms with van der Waals surface area (Å²) in [6, 6.07) is 9.94. The van der Waals surface area contributed by atoms with Gasteiger partial charge in [0.1, 0.15) is 6.61 Å². The van der Waals surface area contributed by atoms with Gasteiger partial charge >= 0.3 is 5.97 Å². The maximum absolute atomic E-state index is 12.1. The highest BCUT2D eigenvalue weighted by Crippen LogP contribution is 2.41. The standard InChI is InChI=1S/C19H18O6/c1-23-16-7-6-11(9-15(16)20)8-13-14(10-25-19(13)22)12-4-3-5-17(24-2)18(12)21/h3-9,14,20-21H,10H2,1-2H3/b13-8-. The Morgan fingerprint density at radius 2 is 1.88 bits per heavy atom. The molecule has 6 heteroatoms. The lowest BCUT2D eigenvalue weighted by Gasteiger charge is -2.13. The van der Waals surface area contributed by atoms with E-state index < -0.39 is 11.9 Å². The lowest BCUT2D eigenvalue weighted by molar-refractivity contribution is -0.135. The van der Waals surface area contributed by atoms with Crippen LogP contribution < -0.4 is 9.47 Å². The molecule has 25 heavy (non-hydrogen) atoms. The summed E-state index contributed by atoms with van der Waals surface area (Å²) in [6.07, 6.45) is 1.64. The number of esters is 1. The quantitative estimate of drug-likeness (QED) is 0.656. The molecule has 0 aromatic heterocycles. The predicted octanol–water partition coefficient (Wildman–Crippen LogP) is 2.84. The van der Waals surface area contributed by atoms with Crippen molar-refractivity contribution in [3.8, 4) is 23.0 Å². The van der Waals surface area contributed by atoms with Gasteiger partial charge < -0.3 is 24.4 Å². The van der Waals surface area contributed by atoms with Gasteiger partial charge in [-0.15, -0.1) is 0 Å². The van der Waals surface area contributed by atoms with Crippen LogP contribution >= 0.6 is 0 Å². The first-order valence-electron chi connectivity index (χ1n) is 7.66. The van der Waals surface area contributed by atoms with Gasteiger partial charge in [-0.25, -0.2) is 4.79 Å². The number of aromatic hydroxyl groups is 2. The van der Waals surface area contributed by atoms with Gasteiger partial charge in [0.15, 0.2) is 23.0 Å². The Balaban J connectivity index is 2.02. The molecule has 1 saturated heterocycles. The van der Waals surface area contributed by atoms with E-state index in [0.717, 1.165) is 0 Å². The summed E-state index contributed by atoms with van der Waals surface area (Å²) < 4.78 is 15.3. The van der Waals surface area contributed by atoms with Crippen LogP contribution in [0.5, 0.6) is 23.0 Å². The molecule has 3 rings (SSSR count). The summed E-state index contributed by atoms with van der Waals surface area (Å²) in [5.74, 6) is -0.244. The van der Waals surface area contributed by atoms with Crippen LogP contribution in [0.1, 0.15) is 17.0 Å². The molecule has 1 atom stereocenters. The van der Waals surface area contributed by atoms with Gasteiger partial charge in [-0.1, -0.05) is 18.2 Å². The van der Waals surface area contributed by atoms with E-state index in [1.54, 1.807) is 36.4 Å². The molecule has 0 saturated carbocycles. The van der Waals surface area contributed by atoms with Crippen molar-refractivity contribution in [2.45, 2.75) is 5.92 Å². The first-order valence-corrected chi connectivity index (χ1v) is 7.66. The van der Waals surface area contributed by atoms with Crippen molar-refractivity contribution in [1.29, 1.82) is 0 Å². The zero-order valence-electron chi connectivity index (χ0n) is 13.9. The molecule has 2 aromatic rings. The third-order valence-electron chi connectivity index (χ3n) is 4.14. The first kappa shape index (κ1) is 16.7. The monoisotopic (exact) mass is 342 g/mol. The minimum absolute atomic E-state index is 0.0169. The number of phenolic OH excluding ortho intramolecular Hbond substituents is 2. The lowest BCUT2D eigenvalue weighted by atomic mass is 9.91. The van der Waals surface area contributed by atoms with Crippen LogP contribution in [0.15, 0.2) is 42.0 Å². The van der Waals surface area contributed by atoms with Crippen LogP contribution in [-0.2, 0) is 9.53 Å². The number of carbonyl (C=O) groups excluding carboxylic acids is 1. The summed E-state index contributed by atoms with van der Waals surface area (Å²) >= 11 is 0. The molecule has 0 spiro atoms. The molecule has 130 valence electrons.